The Morgan fingerprint density at radius 1 is 0.944 bits per heavy atom. The molecule has 0 aliphatic rings. The minimum absolute atomic E-state index is 0.0521. The number of aliphatic hydroxyl groups is 2. The lowest BCUT2D eigenvalue weighted by Crippen LogP contribution is -2.59. The molecule has 36 heavy (non-hydrogen) atoms. The number of carboxylic acids is 1. The van der Waals surface area contributed by atoms with E-state index in [-0.39, 0.29) is 18.8 Å². The number of nitrogens with one attached hydrogen (secondary N) is 4. The van der Waals surface area contributed by atoms with Gasteiger partial charge < -0.3 is 42.0 Å². The van der Waals surface area contributed by atoms with Crippen molar-refractivity contribution in [2.45, 2.75) is 63.9 Å². The van der Waals surface area contributed by atoms with E-state index in [1.54, 1.807) is 6.20 Å². The average molecular weight is 506 g/mol. The van der Waals surface area contributed by atoms with E-state index in [4.69, 9.17) is 10.8 Å². The number of para-hydroxylation sites is 1. The molecule has 0 aliphatic carbocycles. The molecule has 0 fully saturated rings. The summed E-state index contributed by atoms with van der Waals surface area (Å²) >= 11 is 0. The number of carboxylic acid groups (broad SMARTS) is 1. The Balaban J connectivity index is 2.30. The second kappa shape index (κ2) is 13.0. The van der Waals surface area contributed by atoms with Crippen molar-refractivity contribution < 1.29 is 34.5 Å². The Labute approximate surface area is 208 Å². The minimum atomic E-state index is -1.53. The lowest BCUT2D eigenvalue weighted by atomic mass is 10.00. The molecule has 1 heterocycles. The molecule has 0 aliphatic heterocycles. The van der Waals surface area contributed by atoms with Crippen molar-refractivity contribution in [2.24, 2.45) is 11.7 Å². The Morgan fingerprint density at radius 3 is 2.11 bits per heavy atom. The molecule has 0 saturated carbocycles. The first-order chi connectivity index (χ1) is 16.9. The monoisotopic (exact) mass is 505 g/mol. The van der Waals surface area contributed by atoms with Crippen molar-refractivity contribution in [3.63, 3.8) is 0 Å². The van der Waals surface area contributed by atoms with Gasteiger partial charge in [0, 0.05) is 23.5 Å². The summed E-state index contributed by atoms with van der Waals surface area (Å²) in [6.45, 7) is 4.17. The smallest absolute Gasteiger partial charge is 0.328 e. The normalized spacial score (nSPS) is 15.5. The van der Waals surface area contributed by atoms with Crippen molar-refractivity contribution in [3.8, 4) is 0 Å². The van der Waals surface area contributed by atoms with Crippen LogP contribution in [0.3, 0.4) is 0 Å². The molecule has 1 aromatic carbocycles. The van der Waals surface area contributed by atoms with Crippen molar-refractivity contribution in [1.29, 1.82) is 0 Å². The Kier molecular flexibility index (Phi) is 10.4. The van der Waals surface area contributed by atoms with Crippen molar-refractivity contribution in [2.75, 3.05) is 6.61 Å². The van der Waals surface area contributed by atoms with Crippen LogP contribution in [-0.4, -0.2) is 80.9 Å². The van der Waals surface area contributed by atoms with Crippen LogP contribution in [-0.2, 0) is 25.6 Å². The zero-order chi connectivity index (χ0) is 27.0. The molecule has 2 aromatic rings. The number of fused-ring (bicyclic) bond motifs is 1. The zero-order valence-electron chi connectivity index (χ0n) is 20.5. The van der Waals surface area contributed by atoms with Crippen molar-refractivity contribution in [3.05, 3.63) is 36.0 Å². The Bertz CT molecular complexity index is 1070. The van der Waals surface area contributed by atoms with Gasteiger partial charge in [-0.05, 0) is 30.9 Å². The van der Waals surface area contributed by atoms with Gasteiger partial charge in [-0.1, -0.05) is 32.0 Å². The van der Waals surface area contributed by atoms with Gasteiger partial charge in [-0.25, -0.2) is 4.79 Å². The Hall–Kier alpha value is -3.48. The predicted molar refractivity (Wildman–Crippen MR) is 132 cm³/mol. The number of hydrogen-bond donors (Lipinski definition) is 8. The van der Waals surface area contributed by atoms with E-state index in [2.05, 4.69) is 20.9 Å². The number of benzene rings is 1. The highest BCUT2D eigenvalue weighted by molar-refractivity contribution is 5.95. The summed E-state index contributed by atoms with van der Waals surface area (Å²) in [5, 5.41) is 36.3. The third-order valence-corrected chi connectivity index (χ3v) is 5.69. The average Bonchev–Trinajstić information content (AvgIpc) is 3.23. The van der Waals surface area contributed by atoms with Gasteiger partial charge in [0.25, 0.3) is 0 Å². The van der Waals surface area contributed by atoms with Crippen LogP contribution >= 0.6 is 0 Å². The fraction of sp³-hybridized carbons (Fsp3) is 0.500. The van der Waals surface area contributed by atoms with Crippen molar-refractivity contribution in [1.82, 2.24) is 20.9 Å². The highest BCUT2D eigenvalue weighted by Crippen LogP contribution is 2.19. The number of carbonyl (C=O) groups is 4. The molecule has 5 atom stereocenters. The van der Waals surface area contributed by atoms with E-state index >= 15 is 0 Å². The number of nitrogens with two attached hydrogens (primary N) is 1. The number of aromatic nitrogens is 1. The van der Waals surface area contributed by atoms with Gasteiger partial charge >= 0.3 is 5.97 Å². The van der Waals surface area contributed by atoms with E-state index in [0.29, 0.717) is 0 Å². The molecule has 0 bridgehead atoms. The number of rotatable bonds is 13. The number of H-pyrrole nitrogens is 1. The lowest BCUT2D eigenvalue weighted by Gasteiger charge is -2.26. The molecule has 2 rings (SSSR count). The molecular formula is C24H35N5O7. The number of amides is 3. The van der Waals surface area contributed by atoms with Crippen LogP contribution < -0.4 is 21.7 Å². The topological polar surface area (TPSA) is 207 Å². The van der Waals surface area contributed by atoms with E-state index in [1.807, 2.05) is 38.1 Å². The molecular weight excluding hydrogens is 470 g/mol. The summed E-state index contributed by atoms with van der Waals surface area (Å²) in [6, 6.07) is 2.31. The SMILES string of the molecule is CC(C)CC(NC(=O)C(Cc1c[nH]c2ccccc12)NC(=O)C(N)C(C)O)C(=O)NC(CO)C(=O)O. The van der Waals surface area contributed by atoms with Crippen LogP contribution in [0.1, 0.15) is 32.8 Å². The molecule has 3 amide bonds. The van der Waals surface area contributed by atoms with Gasteiger partial charge in [-0.2, -0.15) is 0 Å². The van der Waals surface area contributed by atoms with Crippen LogP contribution in [0.25, 0.3) is 10.9 Å². The van der Waals surface area contributed by atoms with Crippen LogP contribution in [0.2, 0.25) is 0 Å². The number of aliphatic hydroxyl groups excluding tert-OH is 2. The predicted octanol–water partition coefficient (Wildman–Crippen LogP) is -1.00. The third-order valence-electron chi connectivity index (χ3n) is 5.69. The summed E-state index contributed by atoms with van der Waals surface area (Å²) in [5.74, 6) is -3.69. The van der Waals surface area contributed by atoms with E-state index in [1.165, 1.54) is 6.92 Å². The zero-order valence-corrected chi connectivity index (χ0v) is 20.5. The molecule has 1 aromatic heterocycles. The highest BCUT2D eigenvalue weighted by Gasteiger charge is 2.31. The van der Waals surface area contributed by atoms with Crippen molar-refractivity contribution >= 4 is 34.6 Å². The fourth-order valence-corrected chi connectivity index (χ4v) is 3.65. The first-order valence-electron chi connectivity index (χ1n) is 11.7. The maximum absolute atomic E-state index is 13.3. The maximum Gasteiger partial charge on any atom is 0.328 e. The molecule has 9 N–H and O–H groups in total. The standard InChI is InChI=1S/C24H35N5O7/c1-12(2)8-17(21(32)29-19(11-30)24(35)36)27-22(33)18(28-23(34)20(25)13(3)31)9-14-10-26-16-7-5-4-6-15(14)16/h4-7,10,12-13,17-20,26,30-31H,8-9,11,25H2,1-3H3,(H,27,33)(H,28,34)(H,29,32)(H,35,36). The van der Waals surface area contributed by atoms with Crippen LogP contribution in [0.4, 0.5) is 0 Å². The molecule has 12 heteroatoms. The van der Waals surface area contributed by atoms with Gasteiger partial charge in [0.15, 0.2) is 0 Å². The summed E-state index contributed by atoms with van der Waals surface area (Å²) in [7, 11) is 0. The van der Waals surface area contributed by atoms with E-state index < -0.39 is 60.6 Å². The fourth-order valence-electron chi connectivity index (χ4n) is 3.65. The molecule has 12 nitrogen and oxygen atoms in total. The number of aromatic amines is 1. The van der Waals surface area contributed by atoms with Gasteiger partial charge in [-0.3, -0.25) is 14.4 Å². The first-order valence-corrected chi connectivity index (χ1v) is 11.7. The van der Waals surface area contributed by atoms with Gasteiger partial charge in [0.1, 0.15) is 24.2 Å². The van der Waals surface area contributed by atoms with Crippen LogP contribution in [0, 0.1) is 5.92 Å². The van der Waals surface area contributed by atoms with Crippen LogP contribution in [0.15, 0.2) is 30.5 Å². The quantitative estimate of drug-likeness (QED) is 0.169. The molecule has 0 saturated heterocycles. The summed E-state index contributed by atoms with van der Waals surface area (Å²) in [6.07, 6.45) is 0.782. The van der Waals surface area contributed by atoms with E-state index in [0.717, 1.165) is 16.5 Å². The summed E-state index contributed by atoms with van der Waals surface area (Å²) < 4.78 is 0. The number of aliphatic carboxylic acids is 1. The minimum Gasteiger partial charge on any atom is -0.480 e. The second-order valence-corrected chi connectivity index (χ2v) is 9.16. The number of hydrogen-bond acceptors (Lipinski definition) is 7. The molecule has 198 valence electrons. The molecule has 0 radical (unpaired) electrons. The van der Waals surface area contributed by atoms with Gasteiger partial charge in [-0.15, -0.1) is 0 Å². The molecule has 0 spiro atoms. The number of carbonyl (C=O) groups excluding carboxylic acids is 3. The van der Waals surface area contributed by atoms with Crippen LogP contribution in [0.5, 0.6) is 0 Å². The lowest BCUT2D eigenvalue weighted by molar-refractivity contribution is -0.143. The summed E-state index contributed by atoms with van der Waals surface area (Å²) in [5.41, 5.74) is 7.31. The largest absolute Gasteiger partial charge is 0.480 e. The van der Waals surface area contributed by atoms with Gasteiger partial charge in [0.2, 0.25) is 17.7 Å². The van der Waals surface area contributed by atoms with Gasteiger partial charge in [0.05, 0.1) is 12.7 Å². The summed E-state index contributed by atoms with van der Waals surface area (Å²) in [4.78, 5) is 53.0. The first kappa shape index (κ1) is 28.8. The second-order valence-electron chi connectivity index (χ2n) is 9.16. The Morgan fingerprint density at radius 2 is 1.53 bits per heavy atom. The maximum atomic E-state index is 13.3. The highest BCUT2D eigenvalue weighted by atomic mass is 16.4. The molecule has 5 unspecified atom stereocenters. The van der Waals surface area contributed by atoms with E-state index in [9.17, 15) is 29.4 Å². The third kappa shape index (κ3) is 7.77.